The predicted octanol–water partition coefficient (Wildman–Crippen LogP) is 4.07. The molecule has 1 aromatic carbocycles. The Hall–Kier alpha value is 0.1000. The highest BCUT2D eigenvalue weighted by atomic mass is 79.9. The molecule has 1 fully saturated rings. The van der Waals surface area contributed by atoms with E-state index in [9.17, 15) is 0 Å². The second-order valence-electron chi connectivity index (χ2n) is 5.54. The van der Waals surface area contributed by atoms with E-state index < -0.39 is 0 Å². The maximum Gasteiger partial charge on any atom is 0.0472 e. The van der Waals surface area contributed by atoms with Crippen LogP contribution in [0.5, 0.6) is 0 Å². The SMILES string of the molecule is CN(Cc1ccc(Br)cc1)CC1(CBr)CCOCC1. The first-order valence-electron chi connectivity index (χ1n) is 6.70. The molecular formula is C15H21Br2NO. The lowest BCUT2D eigenvalue weighted by Gasteiger charge is -2.38. The van der Waals surface area contributed by atoms with Crippen LogP contribution in [-0.2, 0) is 11.3 Å². The van der Waals surface area contributed by atoms with Gasteiger partial charge in [0.2, 0.25) is 0 Å². The second kappa shape index (κ2) is 7.21. The maximum absolute atomic E-state index is 5.50. The minimum absolute atomic E-state index is 0.377. The Morgan fingerprint density at radius 2 is 1.84 bits per heavy atom. The average Bonchev–Trinajstić information content (AvgIpc) is 2.42. The van der Waals surface area contributed by atoms with Crippen LogP contribution in [-0.4, -0.2) is 37.0 Å². The summed E-state index contributed by atoms with van der Waals surface area (Å²) in [5.41, 5.74) is 1.74. The lowest BCUT2D eigenvalue weighted by Crippen LogP contribution is -2.41. The Morgan fingerprint density at radius 1 is 1.21 bits per heavy atom. The minimum atomic E-state index is 0.377. The number of halogens is 2. The van der Waals surface area contributed by atoms with Crippen molar-refractivity contribution < 1.29 is 4.74 Å². The third-order valence-corrected chi connectivity index (χ3v) is 5.53. The van der Waals surface area contributed by atoms with Gasteiger partial charge in [-0.1, -0.05) is 44.0 Å². The zero-order chi connectivity index (χ0) is 13.7. The van der Waals surface area contributed by atoms with Crippen LogP contribution in [0.3, 0.4) is 0 Å². The van der Waals surface area contributed by atoms with Crippen molar-refractivity contribution in [3.63, 3.8) is 0 Å². The van der Waals surface area contributed by atoms with Crippen molar-refractivity contribution in [2.75, 3.05) is 32.1 Å². The number of nitrogens with zero attached hydrogens (tertiary/aromatic N) is 1. The number of alkyl halides is 1. The summed E-state index contributed by atoms with van der Waals surface area (Å²) in [6.07, 6.45) is 2.31. The van der Waals surface area contributed by atoms with Gasteiger partial charge in [0.05, 0.1) is 0 Å². The molecule has 4 heteroatoms. The fourth-order valence-corrected chi connectivity index (χ4v) is 3.67. The van der Waals surface area contributed by atoms with Crippen molar-refractivity contribution >= 4 is 31.9 Å². The van der Waals surface area contributed by atoms with Gasteiger partial charge in [0.15, 0.2) is 0 Å². The Labute approximate surface area is 132 Å². The molecule has 1 aliphatic heterocycles. The van der Waals surface area contributed by atoms with Crippen LogP contribution in [0.1, 0.15) is 18.4 Å². The third-order valence-electron chi connectivity index (χ3n) is 3.81. The Morgan fingerprint density at radius 3 is 2.42 bits per heavy atom. The predicted molar refractivity (Wildman–Crippen MR) is 86.8 cm³/mol. The fourth-order valence-electron chi connectivity index (χ4n) is 2.67. The molecule has 1 saturated heterocycles. The fraction of sp³-hybridized carbons (Fsp3) is 0.600. The second-order valence-corrected chi connectivity index (χ2v) is 7.02. The summed E-state index contributed by atoms with van der Waals surface area (Å²) in [5.74, 6) is 0. The Kier molecular flexibility index (Phi) is 5.87. The van der Waals surface area contributed by atoms with Crippen molar-refractivity contribution in [3.8, 4) is 0 Å². The average molecular weight is 391 g/mol. The van der Waals surface area contributed by atoms with E-state index in [0.29, 0.717) is 5.41 Å². The van der Waals surface area contributed by atoms with E-state index in [-0.39, 0.29) is 0 Å². The summed E-state index contributed by atoms with van der Waals surface area (Å²) in [6.45, 7) is 3.93. The number of rotatable bonds is 5. The van der Waals surface area contributed by atoms with Crippen molar-refractivity contribution in [2.45, 2.75) is 19.4 Å². The van der Waals surface area contributed by atoms with E-state index in [1.165, 1.54) is 5.56 Å². The van der Waals surface area contributed by atoms with Gasteiger partial charge < -0.3 is 9.64 Å². The first kappa shape index (κ1) is 15.5. The first-order chi connectivity index (χ1) is 9.13. The molecule has 0 unspecified atom stereocenters. The number of ether oxygens (including phenoxy) is 1. The van der Waals surface area contributed by atoms with Gasteiger partial charge in [-0.15, -0.1) is 0 Å². The molecule has 2 nitrogen and oxygen atoms in total. The molecule has 0 amide bonds. The van der Waals surface area contributed by atoms with E-state index >= 15 is 0 Å². The van der Waals surface area contributed by atoms with Gasteiger partial charge in [-0.2, -0.15) is 0 Å². The molecule has 106 valence electrons. The van der Waals surface area contributed by atoms with Crippen LogP contribution in [0.15, 0.2) is 28.7 Å². The quantitative estimate of drug-likeness (QED) is 0.702. The van der Waals surface area contributed by atoms with Gasteiger partial charge >= 0.3 is 0 Å². The Bertz CT molecular complexity index is 388. The molecule has 0 spiro atoms. The van der Waals surface area contributed by atoms with Gasteiger partial charge in [-0.05, 0) is 43.0 Å². The standard InChI is InChI=1S/C15H21Br2NO/c1-18(10-13-2-4-14(17)5-3-13)12-15(11-16)6-8-19-9-7-15/h2-5H,6-12H2,1H3. The van der Waals surface area contributed by atoms with Crippen LogP contribution in [0, 0.1) is 5.41 Å². The smallest absolute Gasteiger partial charge is 0.0472 e. The zero-order valence-electron chi connectivity index (χ0n) is 11.4. The van der Waals surface area contributed by atoms with Crippen molar-refractivity contribution in [1.29, 1.82) is 0 Å². The summed E-state index contributed by atoms with van der Waals surface area (Å²) in [4.78, 5) is 2.43. The summed E-state index contributed by atoms with van der Waals surface area (Å²) in [5, 5.41) is 1.06. The van der Waals surface area contributed by atoms with Crippen LogP contribution in [0.4, 0.5) is 0 Å². The molecular weight excluding hydrogens is 370 g/mol. The number of benzene rings is 1. The third kappa shape index (κ3) is 4.55. The van der Waals surface area contributed by atoms with Gasteiger partial charge in [0.25, 0.3) is 0 Å². The van der Waals surface area contributed by atoms with Gasteiger partial charge in [0.1, 0.15) is 0 Å². The van der Waals surface area contributed by atoms with Crippen molar-refractivity contribution in [3.05, 3.63) is 34.3 Å². The summed E-state index contributed by atoms with van der Waals surface area (Å²) < 4.78 is 6.63. The topological polar surface area (TPSA) is 12.5 Å². The van der Waals surface area contributed by atoms with Crippen LogP contribution in [0.25, 0.3) is 0 Å². The molecule has 2 rings (SSSR count). The molecule has 0 saturated carbocycles. The van der Waals surface area contributed by atoms with E-state index in [1.54, 1.807) is 0 Å². The molecule has 1 aliphatic rings. The molecule has 0 aromatic heterocycles. The molecule has 1 heterocycles. The summed E-state index contributed by atoms with van der Waals surface area (Å²) in [6, 6.07) is 8.59. The summed E-state index contributed by atoms with van der Waals surface area (Å²) in [7, 11) is 2.21. The normalized spacial score (nSPS) is 18.7. The molecule has 0 atom stereocenters. The van der Waals surface area contributed by atoms with E-state index in [1.807, 2.05) is 0 Å². The minimum Gasteiger partial charge on any atom is -0.381 e. The largest absolute Gasteiger partial charge is 0.381 e. The zero-order valence-corrected chi connectivity index (χ0v) is 14.5. The lowest BCUT2D eigenvalue weighted by molar-refractivity contribution is 0.0110. The van der Waals surface area contributed by atoms with Crippen molar-refractivity contribution in [1.82, 2.24) is 4.90 Å². The Balaban J connectivity index is 1.92. The van der Waals surface area contributed by atoms with Crippen LogP contribution < -0.4 is 0 Å². The number of hydrogen-bond acceptors (Lipinski definition) is 2. The lowest BCUT2D eigenvalue weighted by atomic mass is 9.82. The molecule has 0 N–H and O–H groups in total. The highest BCUT2D eigenvalue weighted by Crippen LogP contribution is 2.33. The first-order valence-corrected chi connectivity index (χ1v) is 8.62. The van der Waals surface area contributed by atoms with Gasteiger partial charge in [-0.25, -0.2) is 0 Å². The van der Waals surface area contributed by atoms with E-state index in [4.69, 9.17) is 4.74 Å². The molecule has 19 heavy (non-hydrogen) atoms. The highest BCUT2D eigenvalue weighted by molar-refractivity contribution is 9.10. The van der Waals surface area contributed by atoms with Crippen LogP contribution in [0.2, 0.25) is 0 Å². The maximum atomic E-state index is 5.50. The van der Waals surface area contributed by atoms with Gasteiger partial charge in [0, 0.05) is 36.1 Å². The summed E-state index contributed by atoms with van der Waals surface area (Å²) >= 11 is 7.18. The van der Waals surface area contributed by atoms with Crippen LogP contribution >= 0.6 is 31.9 Å². The molecule has 0 aliphatic carbocycles. The number of hydrogen-bond donors (Lipinski definition) is 0. The molecule has 0 radical (unpaired) electrons. The van der Waals surface area contributed by atoms with Crippen molar-refractivity contribution in [2.24, 2.45) is 5.41 Å². The monoisotopic (exact) mass is 389 g/mol. The van der Waals surface area contributed by atoms with E-state index in [2.05, 4.69) is 68.1 Å². The van der Waals surface area contributed by atoms with Gasteiger partial charge in [-0.3, -0.25) is 0 Å². The highest BCUT2D eigenvalue weighted by Gasteiger charge is 2.32. The molecule has 0 bridgehead atoms. The molecule has 1 aromatic rings. The van der Waals surface area contributed by atoms with E-state index in [0.717, 1.165) is 48.9 Å².